The number of rotatable bonds is 7. The van der Waals surface area contributed by atoms with Gasteiger partial charge in [0.2, 0.25) is 0 Å². The number of fused-ring (bicyclic) bond motifs is 1. The highest BCUT2D eigenvalue weighted by Gasteiger charge is 2.27. The van der Waals surface area contributed by atoms with Crippen LogP contribution < -0.4 is 5.32 Å². The summed E-state index contributed by atoms with van der Waals surface area (Å²) in [4.78, 5) is 15.2. The van der Waals surface area contributed by atoms with Crippen LogP contribution in [-0.4, -0.2) is 33.7 Å². The molecule has 0 radical (unpaired) electrons. The molecule has 0 saturated carbocycles. The quantitative estimate of drug-likeness (QED) is 0.767. The maximum atomic E-state index is 12.8. The van der Waals surface area contributed by atoms with Crippen LogP contribution in [0.2, 0.25) is 0 Å². The lowest BCUT2D eigenvalue weighted by Crippen LogP contribution is -2.33. The van der Waals surface area contributed by atoms with Crippen molar-refractivity contribution in [1.29, 1.82) is 0 Å². The third-order valence-corrected chi connectivity index (χ3v) is 4.99. The number of carbonyl (C=O) groups excluding carboxylic acids is 1. The van der Waals surface area contributed by atoms with Gasteiger partial charge in [-0.25, -0.2) is 0 Å². The molecule has 0 fully saturated rings. The van der Waals surface area contributed by atoms with Crippen LogP contribution in [0.5, 0.6) is 0 Å². The molecule has 5 nitrogen and oxygen atoms in total. The highest BCUT2D eigenvalue weighted by atomic mass is 16.1. The SMILES string of the molecule is C=CCn1nc(C(=O)NCc2ccccc2)c2c1CCN(CC(C)=CC)C2. The highest BCUT2D eigenvalue weighted by molar-refractivity contribution is 5.94. The summed E-state index contributed by atoms with van der Waals surface area (Å²) in [6.07, 6.45) is 4.87. The van der Waals surface area contributed by atoms with E-state index < -0.39 is 0 Å². The van der Waals surface area contributed by atoms with E-state index in [2.05, 4.69) is 41.8 Å². The van der Waals surface area contributed by atoms with Crippen LogP contribution >= 0.6 is 0 Å². The van der Waals surface area contributed by atoms with Gasteiger partial charge in [-0.1, -0.05) is 48.1 Å². The van der Waals surface area contributed by atoms with Crippen LogP contribution in [0.4, 0.5) is 0 Å². The first-order valence-corrected chi connectivity index (χ1v) is 9.48. The van der Waals surface area contributed by atoms with Crippen molar-refractivity contribution in [2.75, 3.05) is 13.1 Å². The summed E-state index contributed by atoms with van der Waals surface area (Å²) in [5.41, 5.74) is 5.18. The number of benzene rings is 1. The van der Waals surface area contributed by atoms with Gasteiger partial charge in [0.25, 0.3) is 5.91 Å². The topological polar surface area (TPSA) is 50.2 Å². The standard InChI is InChI=1S/C22H28N4O/c1-4-12-26-20-11-13-25(15-17(3)5-2)16-19(20)21(24-26)22(27)23-14-18-9-7-6-8-10-18/h4-10H,1,11-16H2,2-3H3,(H,23,27). The van der Waals surface area contributed by atoms with Crippen molar-refractivity contribution in [3.8, 4) is 0 Å². The minimum atomic E-state index is -0.109. The van der Waals surface area contributed by atoms with Gasteiger partial charge < -0.3 is 5.32 Å². The fourth-order valence-electron chi connectivity index (χ4n) is 3.44. The van der Waals surface area contributed by atoms with Gasteiger partial charge in [-0.3, -0.25) is 14.4 Å². The molecule has 0 bridgehead atoms. The smallest absolute Gasteiger partial charge is 0.272 e. The van der Waals surface area contributed by atoms with E-state index in [9.17, 15) is 4.79 Å². The first-order valence-electron chi connectivity index (χ1n) is 9.48. The minimum absolute atomic E-state index is 0.109. The van der Waals surface area contributed by atoms with E-state index in [4.69, 9.17) is 0 Å². The molecule has 1 aromatic carbocycles. The van der Waals surface area contributed by atoms with Crippen LogP contribution in [-0.2, 0) is 26.1 Å². The molecule has 0 unspecified atom stereocenters. The van der Waals surface area contributed by atoms with Gasteiger partial charge >= 0.3 is 0 Å². The van der Waals surface area contributed by atoms with E-state index in [0.717, 1.165) is 42.9 Å². The summed E-state index contributed by atoms with van der Waals surface area (Å²) in [7, 11) is 0. The number of hydrogen-bond donors (Lipinski definition) is 1. The van der Waals surface area contributed by atoms with Crippen LogP contribution in [0.25, 0.3) is 0 Å². The van der Waals surface area contributed by atoms with E-state index in [1.165, 1.54) is 5.57 Å². The third kappa shape index (κ3) is 4.55. The lowest BCUT2D eigenvalue weighted by Gasteiger charge is -2.27. The molecule has 0 saturated heterocycles. The lowest BCUT2D eigenvalue weighted by molar-refractivity contribution is 0.0943. The zero-order valence-corrected chi connectivity index (χ0v) is 16.2. The molecule has 3 rings (SSSR count). The van der Waals surface area contributed by atoms with Crippen molar-refractivity contribution < 1.29 is 4.79 Å². The summed E-state index contributed by atoms with van der Waals surface area (Å²) in [6.45, 7) is 11.8. The molecule has 1 N–H and O–H groups in total. The van der Waals surface area contributed by atoms with E-state index in [1.54, 1.807) is 0 Å². The van der Waals surface area contributed by atoms with Gasteiger partial charge in [-0.05, 0) is 19.4 Å². The van der Waals surface area contributed by atoms with Crippen molar-refractivity contribution in [2.45, 2.75) is 39.9 Å². The Morgan fingerprint density at radius 3 is 2.81 bits per heavy atom. The van der Waals surface area contributed by atoms with Crippen molar-refractivity contribution >= 4 is 5.91 Å². The number of allylic oxidation sites excluding steroid dienone is 2. The van der Waals surface area contributed by atoms with Gasteiger partial charge in [0.15, 0.2) is 5.69 Å². The van der Waals surface area contributed by atoms with E-state index in [-0.39, 0.29) is 5.91 Å². The molecule has 1 aliphatic heterocycles. The van der Waals surface area contributed by atoms with Crippen molar-refractivity contribution in [3.63, 3.8) is 0 Å². The fraction of sp³-hybridized carbons (Fsp3) is 0.364. The molecule has 142 valence electrons. The van der Waals surface area contributed by atoms with Gasteiger partial charge in [0.1, 0.15) is 0 Å². The zero-order chi connectivity index (χ0) is 19.2. The molecule has 5 heteroatoms. The molecule has 1 aliphatic rings. The van der Waals surface area contributed by atoms with Crippen LogP contribution in [0.1, 0.15) is 41.2 Å². The number of aromatic nitrogens is 2. The molecule has 1 aromatic heterocycles. The van der Waals surface area contributed by atoms with E-state index in [1.807, 2.05) is 41.1 Å². The number of carbonyl (C=O) groups is 1. The Bertz CT molecular complexity index is 835. The Labute approximate surface area is 161 Å². The average molecular weight is 364 g/mol. The van der Waals surface area contributed by atoms with Gasteiger partial charge in [-0.2, -0.15) is 5.10 Å². The van der Waals surface area contributed by atoms with Crippen LogP contribution in [0.15, 0.2) is 54.6 Å². The second-order valence-electron chi connectivity index (χ2n) is 7.01. The van der Waals surface area contributed by atoms with Crippen molar-refractivity contribution in [3.05, 3.63) is 77.2 Å². The molecule has 27 heavy (non-hydrogen) atoms. The molecule has 0 atom stereocenters. The highest BCUT2D eigenvalue weighted by Crippen LogP contribution is 2.23. The number of hydrogen-bond acceptors (Lipinski definition) is 3. The second-order valence-corrected chi connectivity index (χ2v) is 7.01. The predicted octanol–water partition coefficient (Wildman–Crippen LogP) is 3.32. The Hall–Kier alpha value is -2.66. The molecule has 1 amide bonds. The van der Waals surface area contributed by atoms with Gasteiger partial charge in [0.05, 0.1) is 6.54 Å². The molecule has 2 aromatic rings. The second kappa shape index (κ2) is 8.82. The molecule has 2 heterocycles. The number of nitrogens with zero attached hydrogens (tertiary/aromatic N) is 3. The zero-order valence-electron chi connectivity index (χ0n) is 16.2. The monoisotopic (exact) mass is 364 g/mol. The normalized spacial score (nSPS) is 14.7. The van der Waals surface area contributed by atoms with Crippen LogP contribution in [0, 0.1) is 0 Å². The van der Waals surface area contributed by atoms with Gasteiger partial charge in [0, 0.05) is 43.9 Å². The minimum Gasteiger partial charge on any atom is -0.347 e. The summed E-state index contributed by atoms with van der Waals surface area (Å²) in [5.74, 6) is -0.109. The Morgan fingerprint density at radius 2 is 2.11 bits per heavy atom. The Morgan fingerprint density at radius 1 is 1.33 bits per heavy atom. The number of amides is 1. The summed E-state index contributed by atoms with van der Waals surface area (Å²) in [5, 5.41) is 7.64. The molecule has 0 spiro atoms. The van der Waals surface area contributed by atoms with Crippen molar-refractivity contribution in [1.82, 2.24) is 20.0 Å². The van der Waals surface area contributed by atoms with E-state index >= 15 is 0 Å². The summed E-state index contributed by atoms with van der Waals surface area (Å²) in [6, 6.07) is 9.94. The fourth-order valence-corrected chi connectivity index (χ4v) is 3.44. The summed E-state index contributed by atoms with van der Waals surface area (Å²) < 4.78 is 1.93. The van der Waals surface area contributed by atoms with Crippen molar-refractivity contribution in [2.24, 2.45) is 0 Å². The van der Waals surface area contributed by atoms with E-state index in [0.29, 0.717) is 18.8 Å². The molecular weight excluding hydrogens is 336 g/mol. The predicted molar refractivity (Wildman–Crippen MR) is 108 cm³/mol. The summed E-state index contributed by atoms with van der Waals surface area (Å²) >= 11 is 0. The average Bonchev–Trinajstić information content (AvgIpc) is 3.05. The maximum absolute atomic E-state index is 12.8. The lowest BCUT2D eigenvalue weighted by atomic mass is 10.0. The van der Waals surface area contributed by atoms with Crippen LogP contribution in [0.3, 0.4) is 0 Å². The molecular formula is C22H28N4O. The maximum Gasteiger partial charge on any atom is 0.272 e. The Balaban J connectivity index is 1.80. The van der Waals surface area contributed by atoms with Gasteiger partial charge in [-0.15, -0.1) is 6.58 Å². The third-order valence-electron chi connectivity index (χ3n) is 4.99. The first-order chi connectivity index (χ1) is 13.1. The first kappa shape index (κ1) is 19.1. The Kier molecular flexibility index (Phi) is 6.24. The molecule has 0 aliphatic carbocycles. The largest absolute Gasteiger partial charge is 0.347 e. The number of nitrogens with one attached hydrogen (secondary N) is 1.